The molecular weight excluding hydrogens is 383 g/mol. The first-order chi connectivity index (χ1) is 13.8. The monoisotopic (exact) mass is 420 g/mol. The van der Waals surface area contributed by atoms with Crippen molar-refractivity contribution in [1.29, 1.82) is 0 Å². The van der Waals surface area contributed by atoms with E-state index in [0.29, 0.717) is 12.0 Å². The predicted molar refractivity (Wildman–Crippen MR) is 119 cm³/mol. The van der Waals surface area contributed by atoms with Crippen LogP contribution in [0.25, 0.3) is 0 Å². The Balaban J connectivity index is 3.22. The highest BCUT2D eigenvalue weighted by atomic mass is 31.1. The lowest BCUT2D eigenvalue weighted by Crippen LogP contribution is -2.44. The molecule has 29 heavy (non-hydrogen) atoms. The second-order valence-corrected chi connectivity index (χ2v) is 9.12. The van der Waals surface area contributed by atoms with Gasteiger partial charge in [0.25, 0.3) is 0 Å². The zero-order valence-corrected chi connectivity index (χ0v) is 19.9. The highest BCUT2D eigenvalue weighted by Crippen LogP contribution is 2.37. The number of hydrogen-bond acceptors (Lipinski definition) is 4. The minimum atomic E-state index is -1.66. The summed E-state index contributed by atoms with van der Waals surface area (Å²) in [6.07, 6.45) is 5.73. The fourth-order valence-electron chi connectivity index (χ4n) is 3.82. The average molecular weight is 421 g/mol. The molecule has 1 rings (SSSR count). The summed E-state index contributed by atoms with van der Waals surface area (Å²) in [7, 11) is -0.485. The van der Waals surface area contributed by atoms with E-state index in [-0.39, 0.29) is 24.7 Å². The van der Waals surface area contributed by atoms with Crippen LogP contribution < -0.4 is 0 Å². The SMILES string of the molecule is CCCCC(CC)COC(=O)C(CCCC)(P=O)C(=O)c1c(C)cc(C)cc1C. The van der Waals surface area contributed by atoms with Gasteiger partial charge >= 0.3 is 5.97 Å². The summed E-state index contributed by atoms with van der Waals surface area (Å²) in [6.45, 7) is 12.2. The molecule has 0 fully saturated rings. The third kappa shape index (κ3) is 6.47. The van der Waals surface area contributed by atoms with E-state index in [1.54, 1.807) is 0 Å². The van der Waals surface area contributed by atoms with E-state index in [9.17, 15) is 14.2 Å². The van der Waals surface area contributed by atoms with Crippen molar-refractivity contribution in [3.63, 3.8) is 0 Å². The van der Waals surface area contributed by atoms with Crippen LogP contribution in [0.3, 0.4) is 0 Å². The molecule has 2 atom stereocenters. The van der Waals surface area contributed by atoms with Crippen molar-refractivity contribution in [3.05, 3.63) is 34.4 Å². The fourth-order valence-corrected chi connectivity index (χ4v) is 4.40. The van der Waals surface area contributed by atoms with E-state index < -0.39 is 19.6 Å². The van der Waals surface area contributed by atoms with E-state index in [4.69, 9.17) is 4.74 Å². The van der Waals surface area contributed by atoms with Gasteiger partial charge in [-0.2, -0.15) is 0 Å². The van der Waals surface area contributed by atoms with Crippen molar-refractivity contribution in [2.24, 2.45) is 5.92 Å². The molecule has 0 spiro atoms. The van der Waals surface area contributed by atoms with Crippen LogP contribution in [0.4, 0.5) is 0 Å². The summed E-state index contributed by atoms with van der Waals surface area (Å²) >= 11 is 0. The van der Waals surface area contributed by atoms with Gasteiger partial charge in [0.05, 0.1) is 6.61 Å². The number of ether oxygens (including phenoxy) is 1. The van der Waals surface area contributed by atoms with Gasteiger partial charge in [-0.15, -0.1) is 0 Å². The third-order valence-electron chi connectivity index (χ3n) is 5.66. The maximum atomic E-state index is 13.6. The van der Waals surface area contributed by atoms with Gasteiger partial charge in [0, 0.05) is 5.56 Å². The van der Waals surface area contributed by atoms with Crippen molar-refractivity contribution in [2.75, 3.05) is 6.61 Å². The lowest BCUT2D eigenvalue weighted by Gasteiger charge is -2.26. The first-order valence-corrected chi connectivity index (χ1v) is 11.7. The number of benzene rings is 1. The molecule has 0 aromatic heterocycles. The molecule has 1 aromatic carbocycles. The van der Waals surface area contributed by atoms with Gasteiger partial charge in [-0.3, -0.25) is 14.2 Å². The molecule has 0 aliphatic rings. The molecule has 0 bridgehead atoms. The molecule has 1 aromatic rings. The van der Waals surface area contributed by atoms with Crippen LogP contribution in [-0.4, -0.2) is 23.5 Å². The first-order valence-electron chi connectivity index (χ1n) is 10.9. The Bertz CT molecular complexity index is 690. The number of ketones is 1. The van der Waals surface area contributed by atoms with Gasteiger partial charge in [0.15, 0.2) is 14.2 Å². The Morgan fingerprint density at radius 1 is 1.03 bits per heavy atom. The lowest BCUT2D eigenvalue weighted by molar-refractivity contribution is -0.147. The van der Waals surface area contributed by atoms with E-state index in [1.807, 2.05) is 39.8 Å². The summed E-state index contributed by atoms with van der Waals surface area (Å²) in [6, 6.07) is 3.85. The molecule has 0 saturated heterocycles. The number of carbonyl (C=O) groups is 2. The normalized spacial score (nSPS) is 14.4. The molecule has 0 aliphatic carbocycles. The van der Waals surface area contributed by atoms with Gasteiger partial charge in [-0.25, -0.2) is 0 Å². The Morgan fingerprint density at radius 2 is 1.62 bits per heavy atom. The predicted octanol–water partition coefficient (Wildman–Crippen LogP) is 6.77. The summed E-state index contributed by atoms with van der Waals surface area (Å²) in [4.78, 5) is 26.7. The van der Waals surface area contributed by atoms with Gasteiger partial charge < -0.3 is 4.74 Å². The Hall–Kier alpha value is -1.54. The van der Waals surface area contributed by atoms with Gasteiger partial charge in [-0.1, -0.05) is 70.6 Å². The molecular formula is C24H37O4P. The number of Topliss-reactive ketones (excluding diaryl/α,β-unsaturated/α-hetero) is 1. The van der Waals surface area contributed by atoms with Crippen LogP contribution in [0.1, 0.15) is 92.8 Å². The van der Waals surface area contributed by atoms with E-state index in [1.165, 1.54) is 0 Å². The molecule has 5 heteroatoms. The zero-order valence-electron chi connectivity index (χ0n) is 19.0. The molecule has 2 unspecified atom stereocenters. The second kappa shape index (κ2) is 12.2. The smallest absolute Gasteiger partial charge is 0.331 e. The average Bonchev–Trinajstić information content (AvgIpc) is 2.68. The maximum Gasteiger partial charge on any atom is 0.331 e. The van der Waals surface area contributed by atoms with E-state index in [2.05, 4.69) is 13.8 Å². The third-order valence-corrected chi connectivity index (χ3v) is 6.58. The fraction of sp³-hybridized carbons (Fsp3) is 0.667. The summed E-state index contributed by atoms with van der Waals surface area (Å²) in [5.74, 6) is -0.768. The van der Waals surface area contributed by atoms with Crippen molar-refractivity contribution in [3.8, 4) is 0 Å². The number of hydrogen-bond donors (Lipinski definition) is 0. The Kier molecular flexibility index (Phi) is 10.7. The van der Waals surface area contributed by atoms with Crippen molar-refractivity contribution in [2.45, 2.75) is 91.6 Å². The standard InChI is InChI=1S/C24H37O4P/c1-7-10-12-20(9-3)16-28-23(26)24(29-27,13-11-8-2)22(25)21-18(5)14-17(4)15-19(21)6/h14-15,20H,7-13,16H2,1-6H3. The Morgan fingerprint density at radius 3 is 2.10 bits per heavy atom. The summed E-state index contributed by atoms with van der Waals surface area (Å²) in [5, 5.41) is -1.66. The number of carbonyl (C=O) groups excluding carboxylic acids is 2. The zero-order chi connectivity index (χ0) is 22.0. The van der Waals surface area contributed by atoms with Gasteiger partial charge in [-0.05, 0) is 50.7 Å². The number of unbranched alkanes of at least 4 members (excludes halogenated alkanes) is 2. The molecule has 0 saturated carbocycles. The molecule has 4 nitrogen and oxygen atoms in total. The second-order valence-electron chi connectivity index (χ2n) is 8.17. The number of rotatable bonds is 13. The van der Waals surface area contributed by atoms with Gasteiger partial charge in [0.2, 0.25) is 5.16 Å². The van der Waals surface area contributed by atoms with Crippen LogP contribution >= 0.6 is 8.46 Å². The van der Waals surface area contributed by atoms with Crippen LogP contribution in [0.2, 0.25) is 0 Å². The van der Waals surface area contributed by atoms with Crippen LogP contribution in [0, 0.1) is 26.7 Å². The van der Waals surface area contributed by atoms with Gasteiger partial charge in [0.1, 0.15) is 0 Å². The molecule has 0 heterocycles. The minimum Gasteiger partial charge on any atom is -0.464 e. The quantitative estimate of drug-likeness (QED) is 0.153. The van der Waals surface area contributed by atoms with Crippen molar-refractivity contribution in [1.82, 2.24) is 0 Å². The number of aryl methyl sites for hydroxylation is 3. The molecule has 0 radical (unpaired) electrons. The molecule has 0 amide bonds. The largest absolute Gasteiger partial charge is 0.464 e. The van der Waals surface area contributed by atoms with Crippen LogP contribution in [0.15, 0.2) is 12.1 Å². The summed E-state index contributed by atoms with van der Waals surface area (Å²) < 4.78 is 18.0. The van der Waals surface area contributed by atoms with Crippen molar-refractivity contribution >= 4 is 20.2 Å². The van der Waals surface area contributed by atoms with E-state index in [0.717, 1.165) is 48.8 Å². The number of esters is 1. The molecule has 162 valence electrons. The van der Waals surface area contributed by atoms with Crippen LogP contribution in [-0.2, 0) is 14.1 Å². The topological polar surface area (TPSA) is 60.4 Å². The minimum absolute atomic E-state index is 0.227. The molecule has 0 N–H and O–H groups in total. The highest BCUT2D eigenvalue weighted by molar-refractivity contribution is 7.30. The lowest BCUT2D eigenvalue weighted by atomic mass is 9.86. The van der Waals surface area contributed by atoms with Crippen LogP contribution in [0.5, 0.6) is 0 Å². The van der Waals surface area contributed by atoms with E-state index >= 15 is 0 Å². The maximum absolute atomic E-state index is 13.6. The highest BCUT2D eigenvalue weighted by Gasteiger charge is 2.49. The first kappa shape index (κ1) is 25.5. The summed E-state index contributed by atoms with van der Waals surface area (Å²) in [5.41, 5.74) is 3.16. The Labute approximate surface area is 178 Å². The van der Waals surface area contributed by atoms with Crippen molar-refractivity contribution < 1.29 is 18.9 Å². The molecule has 0 aliphatic heterocycles.